The first kappa shape index (κ1) is 80.0. The fraction of sp³-hybridized carbons (Fsp3) is 0.985. The molecule has 0 radical (unpaired) electrons. The van der Waals surface area contributed by atoms with Crippen LogP contribution >= 0.6 is 0 Å². The molecule has 3 aliphatic heterocycles. The summed E-state index contributed by atoms with van der Waals surface area (Å²) in [4.78, 5) is 13.3. The Kier molecular flexibility index (Phi) is 47.1. The SMILES string of the molecule is CCCCCCCCCCCCCCCCCCCCCCCCCCCCCCCCCCCC(O)C(COC1OC(CO)C(OC2OC(CO)C(OC3OC(CO)C(O)C(O)C3O)C(O)C2O)C(O)C1O)NC(=O)CCCCCCCCCCC. The summed E-state index contributed by atoms with van der Waals surface area (Å²) in [5, 5.41) is 120. The lowest BCUT2D eigenvalue weighted by molar-refractivity contribution is -0.379. The summed E-state index contributed by atoms with van der Waals surface area (Å²) in [6, 6.07) is -0.880. The Bertz CT molecular complexity index is 1590. The van der Waals surface area contributed by atoms with E-state index in [1.807, 2.05) is 0 Å². The molecule has 19 nitrogen and oxygen atoms in total. The van der Waals surface area contributed by atoms with E-state index < -0.39 is 124 Å². The highest BCUT2D eigenvalue weighted by molar-refractivity contribution is 5.76. The third-order valence-corrected chi connectivity index (χ3v) is 18.4. The second-order valence-electron chi connectivity index (χ2n) is 26.1. The van der Waals surface area contributed by atoms with E-state index in [4.69, 9.17) is 28.4 Å². The van der Waals surface area contributed by atoms with Crippen LogP contribution in [0.3, 0.4) is 0 Å². The van der Waals surface area contributed by atoms with Crippen molar-refractivity contribution in [1.82, 2.24) is 5.32 Å². The standard InChI is InChI=1S/C68H131NO18/c1-3-5-7-9-11-13-14-15-16-17-18-19-20-21-22-23-24-25-26-27-28-29-30-31-32-33-34-35-36-38-39-41-43-45-52(73)51(69-56(74)46-44-42-40-37-12-10-8-6-4-2)50-82-66-62(80)59(77)64(54(48-71)84-66)87-68-63(81)60(78)65(55(49-72)85-68)86-67-61(79)58(76)57(75)53(47-70)83-67/h51-55,57-68,70-73,75-81H,3-50H2,1-2H3,(H,69,74). The van der Waals surface area contributed by atoms with Crippen molar-refractivity contribution in [3.63, 3.8) is 0 Å². The van der Waals surface area contributed by atoms with E-state index in [2.05, 4.69) is 19.2 Å². The summed E-state index contributed by atoms with van der Waals surface area (Å²) in [7, 11) is 0. The summed E-state index contributed by atoms with van der Waals surface area (Å²) in [5.41, 5.74) is 0. The third-order valence-electron chi connectivity index (χ3n) is 18.4. The van der Waals surface area contributed by atoms with E-state index in [9.17, 15) is 61.0 Å². The van der Waals surface area contributed by atoms with Gasteiger partial charge in [-0.05, 0) is 12.8 Å². The lowest BCUT2D eigenvalue weighted by Gasteiger charge is -2.48. The Hall–Kier alpha value is -1.21. The maximum absolute atomic E-state index is 13.3. The number of hydrogen-bond acceptors (Lipinski definition) is 18. The number of nitrogens with one attached hydrogen (secondary N) is 1. The van der Waals surface area contributed by atoms with Gasteiger partial charge in [0.2, 0.25) is 5.91 Å². The summed E-state index contributed by atoms with van der Waals surface area (Å²) in [5.74, 6) is -0.242. The van der Waals surface area contributed by atoms with Gasteiger partial charge in [-0.1, -0.05) is 277 Å². The molecular weight excluding hydrogens is 1120 g/mol. The van der Waals surface area contributed by atoms with E-state index in [1.54, 1.807) is 0 Å². The molecular formula is C68H131NO18. The second kappa shape index (κ2) is 51.2. The minimum Gasteiger partial charge on any atom is -0.394 e. The van der Waals surface area contributed by atoms with Crippen LogP contribution in [0.2, 0.25) is 0 Å². The number of aliphatic hydroxyl groups is 11. The van der Waals surface area contributed by atoms with Crippen LogP contribution in [0.15, 0.2) is 0 Å². The molecule has 3 saturated heterocycles. The van der Waals surface area contributed by atoms with Gasteiger partial charge >= 0.3 is 0 Å². The number of hydrogen-bond donors (Lipinski definition) is 12. The van der Waals surface area contributed by atoms with Crippen LogP contribution in [0.25, 0.3) is 0 Å². The summed E-state index contributed by atoms with van der Waals surface area (Å²) >= 11 is 0. The summed E-state index contributed by atoms with van der Waals surface area (Å²) in [6.45, 7) is 1.80. The fourth-order valence-corrected chi connectivity index (χ4v) is 12.6. The average Bonchev–Trinajstić information content (AvgIpc) is 3.65. The van der Waals surface area contributed by atoms with E-state index >= 15 is 0 Å². The Morgan fingerprint density at radius 2 is 0.655 bits per heavy atom. The highest BCUT2D eigenvalue weighted by Gasteiger charge is 2.53. The normalized spacial score (nSPS) is 28.5. The molecule has 516 valence electrons. The van der Waals surface area contributed by atoms with Crippen molar-refractivity contribution in [2.75, 3.05) is 26.4 Å². The molecule has 3 heterocycles. The first-order chi connectivity index (χ1) is 42.3. The topological polar surface area (TPSA) is 307 Å². The lowest BCUT2D eigenvalue weighted by atomic mass is 9.96. The first-order valence-corrected chi connectivity index (χ1v) is 35.8. The van der Waals surface area contributed by atoms with Crippen LogP contribution in [0.4, 0.5) is 0 Å². The number of aliphatic hydroxyl groups excluding tert-OH is 11. The van der Waals surface area contributed by atoms with Crippen molar-refractivity contribution in [3.05, 3.63) is 0 Å². The Morgan fingerprint density at radius 1 is 0.368 bits per heavy atom. The molecule has 0 aromatic rings. The molecule has 3 rings (SSSR count). The summed E-state index contributed by atoms with van der Waals surface area (Å²) in [6.07, 6.45) is 28.1. The van der Waals surface area contributed by atoms with Crippen LogP contribution in [-0.2, 0) is 33.2 Å². The average molecular weight is 1250 g/mol. The molecule has 17 unspecified atom stereocenters. The molecule has 3 aliphatic rings. The van der Waals surface area contributed by atoms with E-state index in [0.717, 1.165) is 44.9 Å². The maximum atomic E-state index is 13.3. The summed E-state index contributed by atoms with van der Waals surface area (Å²) < 4.78 is 34.3. The second-order valence-corrected chi connectivity index (χ2v) is 26.1. The van der Waals surface area contributed by atoms with Crippen LogP contribution in [0.1, 0.15) is 296 Å². The van der Waals surface area contributed by atoms with Crippen molar-refractivity contribution < 1.29 is 89.4 Å². The van der Waals surface area contributed by atoms with Crippen molar-refractivity contribution in [2.45, 2.75) is 401 Å². The van der Waals surface area contributed by atoms with Crippen molar-refractivity contribution in [2.24, 2.45) is 0 Å². The third kappa shape index (κ3) is 33.5. The number of carbonyl (C=O) groups excluding carboxylic acids is 1. The van der Waals surface area contributed by atoms with Gasteiger partial charge in [0.25, 0.3) is 0 Å². The van der Waals surface area contributed by atoms with Gasteiger partial charge in [0.1, 0.15) is 73.2 Å². The van der Waals surface area contributed by atoms with Crippen molar-refractivity contribution in [1.29, 1.82) is 0 Å². The molecule has 0 spiro atoms. The number of carbonyl (C=O) groups is 1. The Morgan fingerprint density at radius 3 is 1.00 bits per heavy atom. The highest BCUT2D eigenvalue weighted by atomic mass is 16.8. The molecule has 12 N–H and O–H groups in total. The Labute approximate surface area is 525 Å². The molecule has 0 aliphatic carbocycles. The zero-order valence-electron chi connectivity index (χ0n) is 54.5. The molecule has 0 saturated carbocycles. The van der Waals surface area contributed by atoms with Gasteiger partial charge in [-0.2, -0.15) is 0 Å². The minimum absolute atomic E-state index is 0.242. The molecule has 1 amide bonds. The quantitative estimate of drug-likeness (QED) is 0.0252. The molecule has 19 heteroatoms. The lowest BCUT2D eigenvalue weighted by Crippen LogP contribution is -2.66. The van der Waals surface area contributed by atoms with Gasteiger partial charge in [-0.15, -0.1) is 0 Å². The molecule has 87 heavy (non-hydrogen) atoms. The first-order valence-electron chi connectivity index (χ1n) is 35.8. The van der Waals surface area contributed by atoms with Gasteiger partial charge in [-0.25, -0.2) is 0 Å². The van der Waals surface area contributed by atoms with E-state index in [0.29, 0.717) is 12.8 Å². The zero-order valence-corrected chi connectivity index (χ0v) is 54.5. The molecule has 0 aromatic carbocycles. The van der Waals surface area contributed by atoms with Crippen molar-refractivity contribution >= 4 is 5.91 Å². The van der Waals surface area contributed by atoms with Gasteiger partial charge in [0, 0.05) is 6.42 Å². The molecule has 0 aromatic heterocycles. The van der Waals surface area contributed by atoms with Gasteiger partial charge in [0.05, 0.1) is 38.6 Å². The molecule has 0 bridgehead atoms. The van der Waals surface area contributed by atoms with Crippen LogP contribution in [0, 0.1) is 0 Å². The number of ether oxygens (including phenoxy) is 6. The van der Waals surface area contributed by atoms with Crippen LogP contribution in [-0.4, -0.2) is 193 Å². The van der Waals surface area contributed by atoms with Crippen molar-refractivity contribution in [3.8, 4) is 0 Å². The van der Waals surface area contributed by atoms with Crippen LogP contribution < -0.4 is 5.32 Å². The van der Waals surface area contributed by atoms with E-state index in [1.165, 1.54) is 218 Å². The fourth-order valence-electron chi connectivity index (χ4n) is 12.6. The van der Waals surface area contributed by atoms with Gasteiger partial charge < -0.3 is 89.9 Å². The van der Waals surface area contributed by atoms with Gasteiger partial charge in [0.15, 0.2) is 18.9 Å². The molecule has 3 fully saturated rings. The largest absolute Gasteiger partial charge is 0.394 e. The minimum atomic E-state index is -1.97. The highest BCUT2D eigenvalue weighted by Crippen LogP contribution is 2.33. The maximum Gasteiger partial charge on any atom is 0.220 e. The molecule has 17 atom stereocenters. The van der Waals surface area contributed by atoms with Gasteiger partial charge in [-0.3, -0.25) is 4.79 Å². The Balaban J connectivity index is 1.31. The van der Waals surface area contributed by atoms with Crippen LogP contribution in [0.5, 0.6) is 0 Å². The van der Waals surface area contributed by atoms with E-state index in [-0.39, 0.29) is 18.9 Å². The zero-order chi connectivity index (χ0) is 63.3. The monoisotopic (exact) mass is 1250 g/mol. The smallest absolute Gasteiger partial charge is 0.220 e. The predicted molar refractivity (Wildman–Crippen MR) is 337 cm³/mol. The number of rotatable bonds is 56. The predicted octanol–water partition coefficient (Wildman–Crippen LogP) is 9.50. The number of unbranched alkanes of at least 4 members (excludes halogenated alkanes) is 40. The number of amides is 1.